The summed E-state index contributed by atoms with van der Waals surface area (Å²) in [5.41, 5.74) is 0.636. The molecule has 4 rings (SSSR count). The second-order valence-electron chi connectivity index (χ2n) is 6.78. The first kappa shape index (κ1) is 16.4. The predicted molar refractivity (Wildman–Crippen MR) is 93.5 cm³/mol. The van der Waals surface area contributed by atoms with Gasteiger partial charge >= 0.3 is 6.03 Å². The van der Waals surface area contributed by atoms with Gasteiger partial charge < -0.3 is 14.6 Å². The lowest BCUT2D eigenvalue weighted by Crippen LogP contribution is -2.44. The van der Waals surface area contributed by atoms with Crippen molar-refractivity contribution in [2.24, 2.45) is 0 Å². The van der Waals surface area contributed by atoms with E-state index >= 15 is 0 Å². The van der Waals surface area contributed by atoms with Crippen LogP contribution in [0.2, 0.25) is 0 Å². The van der Waals surface area contributed by atoms with Gasteiger partial charge in [0.1, 0.15) is 18.1 Å². The molecule has 2 aliphatic heterocycles. The quantitative estimate of drug-likeness (QED) is 0.855. The summed E-state index contributed by atoms with van der Waals surface area (Å²) < 4.78 is 5.53. The maximum atomic E-state index is 12.9. The normalized spacial score (nSPS) is 21.9. The van der Waals surface area contributed by atoms with Crippen molar-refractivity contribution in [1.29, 1.82) is 0 Å². The molecule has 0 spiro atoms. The van der Waals surface area contributed by atoms with E-state index in [0.29, 0.717) is 18.1 Å². The largest absolute Gasteiger partial charge is 0.463 e. The molecule has 1 aromatic heterocycles. The van der Waals surface area contributed by atoms with Crippen LogP contribution in [0.25, 0.3) is 0 Å². The second kappa shape index (κ2) is 5.72. The van der Waals surface area contributed by atoms with Gasteiger partial charge in [-0.25, -0.2) is 4.79 Å². The van der Waals surface area contributed by atoms with E-state index in [1.807, 2.05) is 24.3 Å². The van der Waals surface area contributed by atoms with E-state index in [4.69, 9.17) is 4.42 Å². The number of imide groups is 1. The van der Waals surface area contributed by atoms with Crippen molar-refractivity contribution in [1.82, 2.24) is 10.2 Å². The Morgan fingerprint density at radius 1 is 1.23 bits per heavy atom. The van der Waals surface area contributed by atoms with E-state index in [-0.39, 0.29) is 12.5 Å². The van der Waals surface area contributed by atoms with Gasteiger partial charge in [-0.1, -0.05) is 18.2 Å². The number of furan rings is 1. The Morgan fingerprint density at radius 3 is 2.73 bits per heavy atom. The number of hydrogen-bond donors (Lipinski definition) is 1. The molecule has 4 amide bonds. The summed E-state index contributed by atoms with van der Waals surface area (Å²) in [6.07, 6.45) is 0.769. The molecule has 3 heterocycles. The number of carbonyl (C=O) groups is 3. The fraction of sp³-hybridized carbons (Fsp3) is 0.316. The van der Waals surface area contributed by atoms with Gasteiger partial charge in [0.2, 0.25) is 5.91 Å². The maximum Gasteiger partial charge on any atom is 0.325 e. The summed E-state index contributed by atoms with van der Waals surface area (Å²) in [5, 5.41) is 2.65. The molecule has 1 aromatic carbocycles. The van der Waals surface area contributed by atoms with Crippen LogP contribution in [0, 0.1) is 6.92 Å². The Kier molecular flexibility index (Phi) is 3.61. The molecule has 7 heteroatoms. The number of aryl methyl sites for hydroxylation is 1. The highest BCUT2D eigenvalue weighted by Gasteiger charge is 2.51. The highest BCUT2D eigenvalue weighted by atomic mass is 16.3. The standard InChI is InChI=1S/C19H19N3O4/c1-12-7-8-15(26-12)19(2)17(24)22(18(25)20-19)11-16(23)21-10-9-13-5-3-4-6-14(13)21/h3-8H,9-11H2,1-2H3,(H,20,25)/t19-/m1/s1. The van der Waals surface area contributed by atoms with Gasteiger partial charge in [-0.3, -0.25) is 14.5 Å². The molecule has 1 N–H and O–H groups in total. The Labute approximate surface area is 150 Å². The molecule has 2 aromatic rings. The lowest BCUT2D eigenvalue weighted by atomic mass is 9.99. The van der Waals surface area contributed by atoms with Crippen molar-refractivity contribution in [3.63, 3.8) is 0 Å². The van der Waals surface area contributed by atoms with Gasteiger partial charge in [0.05, 0.1) is 0 Å². The number of amides is 4. The molecule has 1 atom stereocenters. The van der Waals surface area contributed by atoms with Crippen LogP contribution in [0.5, 0.6) is 0 Å². The number of anilines is 1. The molecule has 0 saturated carbocycles. The van der Waals surface area contributed by atoms with E-state index in [0.717, 1.165) is 22.6 Å². The summed E-state index contributed by atoms with van der Waals surface area (Å²) in [6.45, 7) is 3.60. The fourth-order valence-electron chi connectivity index (χ4n) is 3.53. The third-order valence-corrected chi connectivity index (χ3v) is 4.99. The SMILES string of the molecule is Cc1ccc([C@@]2(C)NC(=O)N(CC(=O)N3CCc4ccccc43)C2=O)o1. The van der Waals surface area contributed by atoms with Crippen LogP contribution in [0.1, 0.15) is 24.0 Å². The van der Waals surface area contributed by atoms with Gasteiger partial charge in [0, 0.05) is 12.2 Å². The van der Waals surface area contributed by atoms with Crippen LogP contribution in [0.15, 0.2) is 40.8 Å². The van der Waals surface area contributed by atoms with Crippen LogP contribution in [-0.4, -0.2) is 35.8 Å². The molecule has 26 heavy (non-hydrogen) atoms. The van der Waals surface area contributed by atoms with Crippen molar-refractivity contribution in [2.75, 3.05) is 18.0 Å². The average Bonchev–Trinajstić information content (AvgIpc) is 3.29. The summed E-state index contributed by atoms with van der Waals surface area (Å²) in [7, 11) is 0. The lowest BCUT2D eigenvalue weighted by Gasteiger charge is -2.21. The van der Waals surface area contributed by atoms with Crippen molar-refractivity contribution < 1.29 is 18.8 Å². The molecule has 7 nitrogen and oxygen atoms in total. The minimum atomic E-state index is -1.30. The van der Waals surface area contributed by atoms with E-state index in [1.54, 1.807) is 30.9 Å². The average molecular weight is 353 g/mol. The van der Waals surface area contributed by atoms with Gasteiger partial charge in [0.15, 0.2) is 5.54 Å². The molecule has 134 valence electrons. The Bertz CT molecular complexity index is 919. The number of fused-ring (bicyclic) bond motifs is 1. The number of benzene rings is 1. The fourth-order valence-corrected chi connectivity index (χ4v) is 3.53. The zero-order valence-corrected chi connectivity index (χ0v) is 14.6. The van der Waals surface area contributed by atoms with E-state index in [2.05, 4.69) is 5.32 Å². The zero-order chi connectivity index (χ0) is 18.5. The number of para-hydroxylation sites is 1. The number of rotatable bonds is 3. The van der Waals surface area contributed by atoms with Crippen LogP contribution in [0.3, 0.4) is 0 Å². The Balaban J connectivity index is 1.55. The van der Waals surface area contributed by atoms with Crippen molar-refractivity contribution >= 4 is 23.5 Å². The highest BCUT2D eigenvalue weighted by Crippen LogP contribution is 2.31. The van der Waals surface area contributed by atoms with Gasteiger partial charge in [0.25, 0.3) is 5.91 Å². The van der Waals surface area contributed by atoms with Gasteiger partial charge in [-0.05, 0) is 44.0 Å². The van der Waals surface area contributed by atoms with Crippen LogP contribution in [0.4, 0.5) is 10.5 Å². The van der Waals surface area contributed by atoms with Gasteiger partial charge in [-0.15, -0.1) is 0 Å². The summed E-state index contributed by atoms with van der Waals surface area (Å²) >= 11 is 0. The molecule has 1 fully saturated rings. The summed E-state index contributed by atoms with van der Waals surface area (Å²) in [4.78, 5) is 40.5. The van der Waals surface area contributed by atoms with Gasteiger partial charge in [-0.2, -0.15) is 0 Å². The van der Waals surface area contributed by atoms with Crippen LogP contribution in [-0.2, 0) is 21.5 Å². The molecule has 0 aliphatic carbocycles. The number of carbonyl (C=O) groups excluding carboxylic acids is 3. The Hall–Kier alpha value is -3.09. The van der Waals surface area contributed by atoms with E-state index in [1.165, 1.54) is 0 Å². The summed E-state index contributed by atoms with van der Waals surface area (Å²) in [5.74, 6) is 0.234. The van der Waals surface area contributed by atoms with Crippen LogP contribution >= 0.6 is 0 Å². The number of hydrogen-bond acceptors (Lipinski definition) is 4. The molecule has 0 unspecified atom stereocenters. The molecular formula is C19H19N3O4. The van der Waals surface area contributed by atoms with Crippen molar-refractivity contribution in [3.05, 3.63) is 53.5 Å². The van der Waals surface area contributed by atoms with Crippen molar-refractivity contribution in [2.45, 2.75) is 25.8 Å². The molecule has 1 saturated heterocycles. The second-order valence-corrected chi connectivity index (χ2v) is 6.78. The smallest absolute Gasteiger partial charge is 0.325 e. The molecule has 0 radical (unpaired) electrons. The highest BCUT2D eigenvalue weighted by molar-refractivity contribution is 6.10. The van der Waals surface area contributed by atoms with E-state index in [9.17, 15) is 14.4 Å². The number of urea groups is 1. The minimum absolute atomic E-state index is 0.279. The minimum Gasteiger partial charge on any atom is -0.463 e. The maximum absolute atomic E-state index is 12.9. The zero-order valence-electron chi connectivity index (χ0n) is 14.6. The lowest BCUT2D eigenvalue weighted by molar-refractivity contribution is -0.134. The van der Waals surface area contributed by atoms with Crippen LogP contribution < -0.4 is 10.2 Å². The first-order valence-electron chi connectivity index (χ1n) is 8.49. The summed E-state index contributed by atoms with van der Waals surface area (Å²) in [6, 6.07) is 10.5. The van der Waals surface area contributed by atoms with Crippen molar-refractivity contribution in [3.8, 4) is 0 Å². The first-order chi connectivity index (χ1) is 12.4. The van der Waals surface area contributed by atoms with E-state index < -0.39 is 17.5 Å². The topological polar surface area (TPSA) is 82.9 Å². The molecule has 2 aliphatic rings. The third-order valence-electron chi connectivity index (χ3n) is 4.99. The molecular weight excluding hydrogens is 334 g/mol. The Morgan fingerprint density at radius 2 is 2.00 bits per heavy atom. The number of nitrogens with zero attached hydrogens (tertiary/aromatic N) is 2. The third kappa shape index (κ3) is 2.39. The monoisotopic (exact) mass is 353 g/mol. The first-order valence-corrected chi connectivity index (χ1v) is 8.49. The molecule has 0 bridgehead atoms. The predicted octanol–water partition coefficient (Wildman–Crippen LogP) is 1.94. The number of nitrogens with one attached hydrogen (secondary N) is 1.